The summed E-state index contributed by atoms with van der Waals surface area (Å²) in [6, 6.07) is 5.68. The maximum absolute atomic E-state index is 12.4. The van der Waals surface area contributed by atoms with Crippen molar-refractivity contribution in [1.82, 2.24) is 15.0 Å². The number of aromatic nitrogens is 2. The van der Waals surface area contributed by atoms with Gasteiger partial charge in [0.15, 0.2) is 5.82 Å². The lowest BCUT2D eigenvalue weighted by Crippen LogP contribution is -2.38. The molecule has 2 heterocycles. The number of rotatable bonds is 3. The highest BCUT2D eigenvalue weighted by molar-refractivity contribution is 5.94. The molecule has 8 heteroatoms. The fourth-order valence-electron chi connectivity index (χ4n) is 2.72. The number of hydrogen-bond acceptors (Lipinski definition) is 6. The molecule has 0 aliphatic carbocycles. The lowest BCUT2D eigenvalue weighted by Gasteiger charge is -2.30. The molecule has 1 amide bonds. The Bertz CT molecular complexity index is 717. The Morgan fingerprint density at radius 3 is 2.48 bits per heavy atom. The summed E-state index contributed by atoms with van der Waals surface area (Å²) >= 11 is 0. The monoisotopic (exact) mass is 316 g/mol. The Morgan fingerprint density at radius 2 is 1.96 bits per heavy atom. The molecule has 0 N–H and O–H groups in total. The summed E-state index contributed by atoms with van der Waals surface area (Å²) in [5.74, 6) is 1.31. The molecule has 1 aliphatic rings. The van der Waals surface area contributed by atoms with Gasteiger partial charge in [0, 0.05) is 36.7 Å². The second-order valence-electron chi connectivity index (χ2n) is 5.55. The average molecular weight is 316 g/mol. The predicted octanol–water partition coefficient (Wildman–Crippen LogP) is 2.31. The second kappa shape index (κ2) is 6.15. The van der Waals surface area contributed by atoms with Crippen molar-refractivity contribution < 1.29 is 14.2 Å². The Morgan fingerprint density at radius 1 is 1.30 bits per heavy atom. The van der Waals surface area contributed by atoms with Gasteiger partial charge in [-0.05, 0) is 31.9 Å². The minimum absolute atomic E-state index is 0.0213. The van der Waals surface area contributed by atoms with E-state index < -0.39 is 4.92 Å². The van der Waals surface area contributed by atoms with Gasteiger partial charge >= 0.3 is 0 Å². The van der Waals surface area contributed by atoms with Gasteiger partial charge in [0.25, 0.3) is 11.6 Å². The van der Waals surface area contributed by atoms with E-state index in [1.54, 1.807) is 11.8 Å². The van der Waals surface area contributed by atoms with Crippen LogP contribution in [0.1, 0.15) is 40.8 Å². The van der Waals surface area contributed by atoms with E-state index in [2.05, 4.69) is 10.1 Å². The number of benzene rings is 1. The van der Waals surface area contributed by atoms with Crippen molar-refractivity contribution in [3.8, 4) is 0 Å². The fraction of sp³-hybridized carbons (Fsp3) is 0.400. The van der Waals surface area contributed by atoms with Gasteiger partial charge in [0.1, 0.15) is 0 Å². The molecule has 0 unspecified atom stereocenters. The lowest BCUT2D eigenvalue weighted by molar-refractivity contribution is -0.384. The Balaban J connectivity index is 1.62. The van der Waals surface area contributed by atoms with Gasteiger partial charge in [-0.15, -0.1) is 0 Å². The Kier molecular flexibility index (Phi) is 4.05. The average Bonchev–Trinajstić information content (AvgIpc) is 3.01. The molecule has 0 saturated carbocycles. The number of aryl methyl sites for hydroxylation is 1. The van der Waals surface area contributed by atoms with Crippen LogP contribution in [0.4, 0.5) is 5.69 Å². The fourth-order valence-corrected chi connectivity index (χ4v) is 2.72. The van der Waals surface area contributed by atoms with Crippen LogP contribution in [0.15, 0.2) is 28.8 Å². The molecule has 3 rings (SSSR count). The minimum atomic E-state index is -0.480. The number of non-ortho nitro benzene ring substituents is 1. The molecule has 8 nitrogen and oxygen atoms in total. The Labute approximate surface area is 132 Å². The van der Waals surface area contributed by atoms with Gasteiger partial charge in [-0.3, -0.25) is 14.9 Å². The first-order chi connectivity index (χ1) is 11.0. The summed E-state index contributed by atoms with van der Waals surface area (Å²) in [7, 11) is 0. The standard InChI is InChI=1S/C15H16N4O4/c1-10-16-14(23-17-10)11-6-8-18(9-7-11)15(20)12-2-4-13(5-3-12)19(21)22/h2-5,11H,6-9H2,1H3. The smallest absolute Gasteiger partial charge is 0.269 e. The van der Waals surface area contributed by atoms with E-state index >= 15 is 0 Å². The molecule has 120 valence electrons. The van der Waals surface area contributed by atoms with Gasteiger partial charge in [0.05, 0.1) is 4.92 Å². The minimum Gasteiger partial charge on any atom is -0.339 e. The topological polar surface area (TPSA) is 102 Å². The highest BCUT2D eigenvalue weighted by Gasteiger charge is 2.27. The molecule has 23 heavy (non-hydrogen) atoms. The lowest BCUT2D eigenvalue weighted by atomic mass is 9.96. The summed E-state index contributed by atoms with van der Waals surface area (Å²) in [5.41, 5.74) is 0.440. The van der Waals surface area contributed by atoms with Gasteiger partial charge < -0.3 is 9.42 Å². The zero-order chi connectivity index (χ0) is 16.4. The largest absolute Gasteiger partial charge is 0.339 e. The molecule has 1 aromatic carbocycles. The van der Waals surface area contributed by atoms with Crippen LogP contribution in [-0.2, 0) is 0 Å². The van der Waals surface area contributed by atoms with E-state index in [-0.39, 0.29) is 17.5 Å². The zero-order valence-corrected chi connectivity index (χ0v) is 12.6. The van der Waals surface area contributed by atoms with Gasteiger partial charge in [-0.1, -0.05) is 5.16 Å². The second-order valence-corrected chi connectivity index (χ2v) is 5.55. The van der Waals surface area contributed by atoms with E-state index in [4.69, 9.17) is 4.52 Å². The van der Waals surface area contributed by atoms with Crippen LogP contribution < -0.4 is 0 Å². The number of amides is 1. The third-order valence-corrected chi connectivity index (χ3v) is 4.00. The van der Waals surface area contributed by atoms with E-state index in [0.717, 1.165) is 12.8 Å². The number of carbonyl (C=O) groups is 1. The van der Waals surface area contributed by atoms with Crippen molar-refractivity contribution in [2.45, 2.75) is 25.7 Å². The van der Waals surface area contributed by atoms with Crippen molar-refractivity contribution in [1.29, 1.82) is 0 Å². The van der Waals surface area contributed by atoms with Crippen LogP contribution in [0, 0.1) is 17.0 Å². The van der Waals surface area contributed by atoms with Gasteiger partial charge in [-0.25, -0.2) is 0 Å². The predicted molar refractivity (Wildman–Crippen MR) is 80.0 cm³/mol. The van der Waals surface area contributed by atoms with Crippen LogP contribution in [0.25, 0.3) is 0 Å². The maximum Gasteiger partial charge on any atom is 0.269 e. The molecular formula is C15H16N4O4. The SMILES string of the molecule is Cc1noc(C2CCN(C(=O)c3ccc([N+](=O)[O-])cc3)CC2)n1. The number of nitro groups is 1. The molecule has 1 aromatic heterocycles. The number of piperidine rings is 1. The summed E-state index contributed by atoms with van der Waals surface area (Å²) in [6.45, 7) is 2.98. The summed E-state index contributed by atoms with van der Waals surface area (Å²) in [5, 5.41) is 14.4. The van der Waals surface area contributed by atoms with Gasteiger partial charge in [-0.2, -0.15) is 4.98 Å². The summed E-state index contributed by atoms with van der Waals surface area (Å²) < 4.78 is 5.19. The normalized spacial score (nSPS) is 15.6. The maximum atomic E-state index is 12.4. The van der Waals surface area contributed by atoms with Crippen molar-refractivity contribution >= 4 is 11.6 Å². The van der Waals surface area contributed by atoms with Crippen molar-refractivity contribution in [2.75, 3.05) is 13.1 Å². The molecule has 1 aliphatic heterocycles. The van der Waals surface area contributed by atoms with Crippen molar-refractivity contribution in [3.05, 3.63) is 51.7 Å². The number of hydrogen-bond donors (Lipinski definition) is 0. The van der Waals surface area contributed by atoms with Gasteiger partial charge in [0.2, 0.25) is 5.89 Å². The van der Waals surface area contributed by atoms with E-state index in [0.29, 0.717) is 30.4 Å². The molecule has 2 aromatic rings. The van der Waals surface area contributed by atoms with Crippen LogP contribution in [0.2, 0.25) is 0 Å². The third-order valence-electron chi connectivity index (χ3n) is 4.00. The van der Waals surface area contributed by atoms with Crippen LogP contribution in [0.5, 0.6) is 0 Å². The van der Waals surface area contributed by atoms with E-state index in [9.17, 15) is 14.9 Å². The van der Waals surface area contributed by atoms with E-state index in [1.807, 2.05) is 0 Å². The number of carbonyl (C=O) groups excluding carboxylic acids is 1. The van der Waals surface area contributed by atoms with E-state index in [1.165, 1.54) is 24.3 Å². The van der Waals surface area contributed by atoms with Crippen LogP contribution in [0.3, 0.4) is 0 Å². The Hall–Kier alpha value is -2.77. The zero-order valence-electron chi connectivity index (χ0n) is 12.6. The summed E-state index contributed by atoms with van der Waals surface area (Å²) in [4.78, 5) is 28.6. The first-order valence-electron chi connectivity index (χ1n) is 7.38. The third kappa shape index (κ3) is 3.20. The first kappa shape index (κ1) is 15.1. The number of likely N-dealkylation sites (tertiary alicyclic amines) is 1. The number of nitro benzene ring substituents is 1. The molecular weight excluding hydrogens is 300 g/mol. The first-order valence-corrected chi connectivity index (χ1v) is 7.38. The highest BCUT2D eigenvalue weighted by atomic mass is 16.6. The molecule has 1 fully saturated rings. The molecule has 0 spiro atoms. The molecule has 0 radical (unpaired) electrons. The molecule has 0 bridgehead atoms. The quantitative estimate of drug-likeness (QED) is 0.636. The van der Waals surface area contributed by atoms with Crippen LogP contribution in [-0.4, -0.2) is 39.0 Å². The van der Waals surface area contributed by atoms with Crippen molar-refractivity contribution in [3.63, 3.8) is 0 Å². The number of nitrogens with zero attached hydrogens (tertiary/aromatic N) is 4. The van der Waals surface area contributed by atoms with Crippen molar-refractivity contribution in [2.24, 2.45) is 0 Å². The highest BCUT2D eigenvalue weighted by Crippen LogP contribution is 2.27. The molecule has 0 atom stereocenters. The van der Waals surface area contributed by atoms with Crippen LogP contribution >= 0.6 is 0 Å². The molecule has 1 saturated heterocycles. The summed E-state index contributed by atoms with van der Waals surface area (Å²) in [6.07, 6.45) is 1.53.